The molecule has 1 aliphatic carbocycles. The second kappa shape index (κ2) is 2.16. The maximum atomic E-state index is 10.6. The zero-order chi connectivity index (χ0) is 5.98. The Balaban J connectivity index is 2.24. The molecule has 1 N–H and O–H groups in total. The summed E-state index contributed by atoms with van der Waals surface area (Å²) in [5.41, 5.74) is 0. The predicted molar refractivity (Wildman–Crippen MR) is 29.8 cm³/mol. The Bertz CT molecular complexity index is 96.7. The van der Waals surface area contributed by atoms with E-state index in [0.717, 1.165) is 12.8 Å². The fourth-order valence-corrected chi connectivity index (χ4v) is 0.788. The minimum atomic E-state index is -0.00347. The third kappa shape index (κ3) is 0.831. The molecule has 1 fully saturated rings. The molecule has 1 amide bonds. The van der Waals surface area contributed by atoms with Crippen molar-refractivity contribution in [3.8, 4) is 0 Å². The van der Waals surface area contributed by atoms with Crippen molar-refractivity contribution in [1.82, 2.24) is 5.32 Å². The Morgan fingerprint density at radius 3 is 2.38 bits per heavy atom. The molecule has 8 heavy (non-hydrogen) atoms. The normalized spacial score (nSPS) is 19.6. The molecule has 0 spiro atoms. The first-order valence-corrected chi connectivity index (χ1v) is 2.85. The first-order chi connectivity index (χ1) is 3.84. The van der Waals surface area contributed by atoms with E-state index in [1.165, 1.54) is 6.42 Å². The van der Waals surface area contributed by atoms with Crippen LogP contribution in [0.2, 0.25) is 0 Å². The first kappa shape index (κ1) is 5.60. The van der Waals surface area contributed by atoms with Crippen LogP contribution in [-0.4, -0.2) is 5.91 Å². The molecule has 0 aromatic heterocycles. The van der Waals surface area contributed by atoms with Crippen LogP contribution in [0.5, 0.6) is 0 Å². The SMILES string of the molecule is [CH]NC(=O)C1CCC1. The topological polar surface area (TPSA) is 29.1 Å². The number of rotatable bonds is 1. The predicted octanol–water partition coefficient (Wildman–Crippen LogP) is 0.571. The highest BCUT2D eigenvalue weighted by molar-refractivity contribution is 5.79. The Morgan fingerprint density at radius 2 is 2.25 bits per heavy atom. The largest absolute Gasteiger partial charge is 0.349 e. The molecule has 1 saturated carbocycles. The van der Waals surface area contributed by atoms with Crippen molar-refractivity contribution in [2.45, 2.75) is 19.3 Å². The number of carbonyl (C=O) groups is 1. The van der Waals surface area contributed by atoms with Crippen molar-refractivity contribution in [2.75, 3.05) is 0 Å². The van der Waals surface area contributed by atoms with Crippen LogP contribution in [0.15, 0.2) is 0 Å². The smallest absolute Gasteiger partial charge is 0.223 e. The lowest BCUT2D eigenvalue weighted by atomic mass is 9.85. The molecular formula is C6H9NO. The summed E-state index contributed by atoms with van der Waals surface area (Å²) in [5, 5.41) is 2.13. The van der Waals surface area contributed by atoms with Crippen LogP contribution in [-0.2, 0) is 4.79 Å². The Morgan fingerprint density at radius 1 is 1.62 bits per heavy atom. The molecule has 44 valence electrons. The van der Waals surface area contributed by atoms with Crippen LogP contribution in [0.3, 0.4) is 0 Å². The fraction of sp³-hybridized carbons (Fsp3) is 0.667. The van der Waals surface area contributed by atoms with Crippen molar-refractivity contribution in [2.24, 2.45) is 5.92 Å². The van der Waals surface area contributed by atoms with Gasteiger partial charge in [0.25, 0.3) is 0 Å². The van der Waals surface area contributed by atoms with Crippen LogP contribution in [0.1, 0.15) is 19.3 Å². The van der Waals surface area contributed by atoms with Gasteiger partial charge in [0.1, 0.15) is 0 Å². The zero-order valence-electron chi connectivity index (χ0n) is 4.68. The second-order valence-corrected chi connectivity index (χ2v) is 2.14. The summed E-state index contributed by atoms with van der Waals surface area (Å²) in [5.74, 6) is 0.219. The van der Waals surface area contributed by atoms with E-state index in [2.05, 4.69) is 5.32 Å². The zero-order valence-corrected chi connectivity index (χ0v) is 4.68. The fourth-order valence-electron chi connectivity index (χ4n) is 0.788. The molecule has 0 unspecified atom stereocenters. The van der Waals surface area contributed by atoms with E-state index < -0.39 is 0 Å². The van der Waals surface area contributed by atoms with Gasteiger partial charge in [0, 0.05) is 5.92 Å². The average Bonchev–Trinajstić information content (AvgIpc) is 1.62. The lowest BCUT2D eigenvalue weighted by Gasteiger charge is -2.22. The van der Waals surface area contributed by atoms with E-state index in [-0.39, 0.29) is 11.8 Å². The summed E-state index contributed by atoms with van der Waals surface area (Å²) in [6, 6.07) is 0. The van der Waals surface area contributed by atoms with Crippen LogP contribution >= 0.6 is 0 Å². The molecule has 1 aliphatic rings. The molecule has 0 heterocycles. The van der Waals surface area contributed by atoms with Gasteiger partial charge in [0.2, 0.25) is 5.91 Å². The van der Waals surface area contributed by atoms with Crippen molar-refractivity contribution in [1.29, 1.82) is 0 Å². The lowest BCUT2D eigenvalue weighted by molar-refractivity contribution is -0.126. The Hall–Kier alpha value is -0.530. The van der Waals surface area contributed by atoms with E-state index in [9.17, 15) is 4.79 Å². The molecule has 0 aromatic rings. The molecule has 0 aromatic carbocycles. The van der Waals surface area contributed by atoms with Crippen molar-refractivity contribution < 1.29 is 4.79 Å². The number of nitrogens with one attached hydrogen (secondary N) is 1. The maximum absolute atomic E-state index is 10.6. The van der Waals surface area contributed by atoms with Crippen LogP contribution in [0, 0.1) is 13.0 Å². The quantitative estimate of drug-likeness (QED) is 0.492. The Labute approximate surface area is 49.3 Å². The van der Waals surface area contributed by atoms with Gasteiger partial charge in [0.05, 0.1) is 7.05 Å². The van der Waals surface area contributed by atoms with Gasteiger partial charge < -0.3 is 5.32 Å². The summed E-state index contributed by atoms with van der Waals surface area (Å²) in [4.78, 5) is 10.6. The van der Waals surface area contributed by atoms with Gasteiger partial charge in [-0.25, -0.2) is 0 Å². The van der Waals surface area contributed by atoms with E-state index in [0.29, 0.717) is 0 Å². The number of carbonyl (C=O) groups excluding carboxylic acids is 1. The van der Waals surface area contributed by atoms with Gasteiger partial charge in [-0.2, -0.15) is 0 Å². The van der Waals surface area contributed by atoms with Crippen LogP contribution in [0.25, 0.3) is 0 Å². The van der Waals surface area contributed by atoms with Crippen molar-refractivity contribution >= 4 is 5.91 Å². The molecule has 0 bridgehead atoms. The minimum absolute atomic E-state index is 0.00347. The number of hydrogen-bond acceptors (Lipinski definition) is 1. The standard InChI is InChI=1S/C6H9NO/c1-7-6(8)5-3-2-4-5/h1,5H,2-4H2,(H,7,8). The summed E-state index contributed by atoms with van der Waals surface area (Å²) in [6.07, 6.45) is 3.21. The van der Waals surface area contributed by atoms with Crippen LogP contribution in [0.4, 0.5) is 0 Å². The van der Waals surface area contributed by atoms with Gasteiger partial charge in [-0.3, -0.25) is 4.79 Å². The van der Waals surface area contributed by atoms with E-state index in [1.54, 1.807) is 0 Å². The first-order valence-electron chi connectivity index (χ1n) is 2.85. The van der Waals surface area contributed by atoms with Gasteiger partial charge in [0.15, 0.2) is 0 Å². The van der Waals surface area contributed by atoms with Gasteiger partial charge >= 0.3 is 0 Å². The monoisotopic (exact) mass is 111 g/mol. The van der Waals surface area contributed by atoms with E-state index in [1.807, 2.05) is 0 Å². The number of amides is 1. The molecule has 0 aliphatic heterocycles. The molecular weight excluding hydrogens is 102 g/mol. The molecule has 2 radical (unpaired) electrons. The summed E-state index contributed by atoms with van der Waals surface area (Å²) < 4.78 is 0. The molecule has 1 rings (SSSR count). The summed E-state index contributed by atoms with van der Waals surface area (Å²) in [6.45, 7) is 0. The van der Waals surface area contributed by atoms with Gasteiger partial charge in [-0.15, -0.1) is 0 Å². The van der Waals surface area contributed by atoms with Crippen molar-refractivity contribution in [3.63, 3.8) is 0 Å². The van der Waals surface area contributed by atoms with Crippen LogP contribution < -0.4 is 5.32 Å². The minimum Gasteiger partial charge on any atom is -0.349 e. The highest BCUT2D eigenvalue weighted by Gasteiger charge is 2.23. The van der Waals surface area contributed by atoms with Gasteiger partial charge in [-0.1, -0.05) is 6.42 Å². The second-order valence-electron chi connectivity index (χ2n) is 2.14. The van der Waals surface area contributed by atoms with E-state index in [4.69, 9.17) is 7.05 Å². The molecule has 2 nitrogen and oxygen atoms in total. The maximum Gasteiger partial charge on any atom is 0.223 e. The molecule has 0 atom stereocenters. The lowest BCUT2D eigenvalue weighted by Crippen LogP contribution is -2.30. The third-order valence-corrected chi connectivity index (χ3v) is 1.62. The van der Waals surface area contributed by atoms with E-state index >= 15 is 0 Å². The summed E-state index contributed by atoms with van der Waals surface area (Å²) in [7, 11) is 4.88. The highest BCUT2D eigenvalue weighted by Crippen LogP contribution is 2.25. The molecule has 0 saturated heterocycles. The van der Waals surface area contributed by atoms with Crippen molar-refractivity contribution in [3.05, 3.63) is 7.05 Å². The molecule has 2 heteroatoms. The summed E-state index contributed by atoms with van der Waals surface area (Å²) >= 11 is 0. The number of hydrogen-bond donors (Lipinski definition) is 1. The average molecular weight is 111 g/mol. The van der Waals surface area contributed by atoms with Gasteiger partial charge in [-0.05, 0) is 12.8 Å². The highest BCUT2D eigenvalue weighted by atomic mass is 16.1. The third-order valence-electron chi connectivity index (χ3n) is 1.62. The Kier molecular flexibility index (Phi) is 1.51.